The van der Waals surface area contributed by atoms with Crippen LogP contribution in [0.4, 0.5) is 0 Å². The molecule has 0 aliphatic heterocycles. The summed E-state index contributed by atoms with van der Waals surface area (Å²) < 4.78 is 33.3. The Kier molecular flexibility index (Phi) is 3.74. The highest BCUT2D eigenvalue weighted by molar-refractivity contribution is 9.10. The molecule has 0 spiro atoms. The molecule has 0 radical (unpaired) electrons. The highest BCUT2D eigenvalue weighted by Crippen LogP contribution is 2.28. The summed E-state index contributed by atoms with van der Waals surface area (Å²) in [6.45, 7) is -0.114. The van der Waals surface area contributed by atoms with Gasteiger partial charge in [-0.1, -0.05) is 0 Å². The van der Waals surface area contributed by atoms with Crippen LogP contribution < -0.4 is 4.74 Å². The molecule has 0 amide bonds. The van der Waals surface area contributed by atoms with Crippen LogP contribution in [-0.4, -0.2) is 31.6 Å². The summed E-state index contributed by atoms with van der Waals surface area (Å²) in [4.78, 5) is 0. The van der Waals surface area contributed by atoms with Gasteiger partial charge in [0.25, 0.3) is 10.1 Å². The number of hydrogen-bond donors (Lipinski definition) is 0. The number of rotatable bonds is 4. The van der Waals surface area contributed by atoms with Crippen LogP contribution in [0.25, 0.3) is 0 Å². The molecule has 6 nitrogen and oxygen atoms in total. The topological polar surface area (TPSA) is 70.4 Å². The Hall–Kier alpha value is -0.600. The van der Waals surface area contributed by atoms with Crippen molar-refractivity contribution in [1.29, 1.82) is 0 Å². The van der Waals surface area contributed by atoms with Crippen LogP contribution in [0.5, 0.6) is 5.88 Å². The van der Waals surface area contributed by atoms with Crippen LogP contribution in [0, 0.1) is 0 Å². The highest BCUT2D eigenvalue weighted by atomic mass is 79.9. The van der Waals surface area contributed by atoms with Crippen molar-refractivity contribution in [2.24, 2.45) is 7.05 Å². The average molecular weight is 299 g/mol. The summed E-state index contributed by atoms with van der Waals surface area (Å²) in [6.07, 6.45) is 0.987. The molecule has 0 saturated carbocycles. The lowest BCUT2D eigenvalue weighted by Gasteiger charge is -1.98. The molecule has 0 aromatic carbocycles. The van der Waals surface area contributed by atoms with Crippen LogP contribution in [0.3, 0.4) is 0 Å². The van der Waals surface area contributed by atoms with E-state index in [9.17, 15) is 8.42 Å². The molecule has 0 N–H and O–H groups in total. The molecule has 0 aliphatic carbocycles. The Bertz CT molecular complexity index is 454. The second kappa shape index (κ2) is 4.50. The van der Waals surface area contributed by atoms with E-state index in [1.54, 1.807) is 7.05 Å². The van der Waals surface area contributed by atoms with Crippen LogP contribution in [-0.2, 0) is 28.0 Å². The number of aryl methyl sites for hydroxylation is 1. The largest absolute Gasteiger partial charge is 0.480 e. The summed E-state index contributed by atoms with van der Waals surface area (Å²) in [5.41, 5.74) is 0.472. The molecule has 8 heteroatoms. The third-order valence-electron chi connectivity index (χ3n) is 1.61. The minimum Gasteiger partial charge on any atom is -0.480 e. The summed E-state index contributed by atoms with van der Waals surface area (Å²) in [6, 6.07) is 0. The van der Waals surface area contributed by atoms with Crippen LogP contribution in [0.2, 0.25) is 0 Å². The maximum Gasteiger partial charge on any atom is 0.264 e. The Morgan fingerprint density at radius 1 is 1.53 bits per heavy atom. The number of ether oxygens (including phenoxy) is 1. The van der Waals surface area contributed by atoms with Gasteiger partial charge in [0.1, 0.15) is 16.8 Å². The van der Waals surface area contributed by atoms with Gasteiger partial charge in [0.15, 0.2) is 0 Å². The molecule has 0 fully saturated rings. The fraction of sp³-hybridized carbons (Fsp3) is 0.571. The van der Waals surface area contributed by atoms with Gasteiger partial charge in [-0.3, -0.25) is 4.18 Å². The van der Waals surface area contributed by atoms with Gasteiger partial charge in [-0.15, -0.1) is 0 Å². The third kappa shape index (κ3) is 3.18. The van der Waals surface area contributed by atoms with Gasteiger partial charge >= 0.3 is 0 Å². The molecule has 0 unspecified atom stereocenters. The molecule has 86 valence electrons. The molecule has 0 atom stereocenters. The smallest absolute Gasteiger partial charge is 0.264 e. The van der Waals surface area contributed by atoms with E-state index < -0.39 is 10.1 Å². The number of hydrogen-bond acceptors (Lipinski definition) is 5. The first-order valence-electron chi connectivity index (χ1n) is 3.95. The maximum atomic E-state index is 10.8. The van der Waals surface area contributed by atoms with E-state index in [0.717, 1.165) is 6.26 Å². The molecule has 1 heterocycles. The van der Waals surface area contributed by atoms with E-state index in [0.29, 0.717) is 16.0 Å². The van der Waals surface area contributed by atoms with Crippen molar-refractivity contribution in [1.82, 2.24) is 9.78 Å². The lowest BCUT2D eigenvalue weighted by atomic mass is 10.5. The number of halogens is 1. The van der Waals surface area contributed by atoms with E-state index in [1.165, 1.54) is 11.8 Å². The Labute approximate surface area is 96.4 Å². The second-order valence-corrected chi connectivity index (χ2v) is 5.30. The van der Waals surface area contributed by atoms with Crippen molar-refractivity contribution in [3.05, 3.63) is 10.2 Å². The van der Waals surface area contributed by atoms with Crippen molar-refractivity contribution < 1.29 is 17.3 Å². The first-order valence-corrected chi connectivity index (χ1v) is 6.56. The molecular weight excluding hydrogens is 288 g/mol. The van der Waals surface area contributed by atoms with Gasteiger partial charge in [0.2, 0.25) is 5.88 Å². The molecule has 0 bridgehead atoms. The van der Waals surface area contributed by atoms with Crippen LogP contribution in [0.15, 0.2) is 4.47 Å². The zero-order chi connectivity index (χ0) is 11.6. The van der Waals surface area contributed by atoms with E-state index in [4.69, 9.17) is 4.74 Å². The van der Waals surface area contributed by atoms with Gasteiger partial charge in [-0.25, -0.2) is 4.68 Å². The lowest BCUT2D eigenvalue weighted by Crippen LogP contribution is -2.03. The van der Waals surface area contributed by atoms with Crippen molar-refractivity contribution in [3.63, 3.8) is 0 Å². The summed E-state index contributed by atoms with van der Waals surface area (Å²) in [5, 5.41) is 4.04. The van der Waals surface area contributed by atoms with Gasteiger partial charge in [-0.2, -0.15) is 13.5 Å². The molecule has 15 heavy (non-hydrogen) atoms. The third-order valence-corrected chi connectivity index (χ3v) is 2.95. The quantitative estimate of drug-likeness (QED) is 0.764. The fourth-order valence-corrected chi connectivity index (χ4v) is 1.95. The van der Waals surface area contributed by atoms with E-state index >= 15 is 0 Å². The molecule has 1 aromatic heterocycles. The van der Waals surface area contributed by atoms with Gasteiger partial charge in [0, 0.05) is 7.05 Å². The van der Waals surface area contributed by atoms with Crippen molar-refractivity contribution in [3.8, 4) is 5.88 Å². The highest BCUT2D eigenvalue weighted by Gasteiger charge is 2.15. The first-order chi connectivity index (χ1) is 6.85. The maximum absolute atomic E-state index is 10.8. The summed E-state index contributed by atoms with van der Waals surface area (Å²) in [7, 11) is -0.269. The monoisotopic (exact) mass is 298 g/mol. The van der Waals surface area contributed by atoms with Crippen LogP contribution >= 0.6 is 15.9 Å². The molecule has 1 rings (SSSR count). The van der Waals surface area contributed by atoms with Crippen molar-refractivity contribution >= 4 is 26.0 Å². The molecule has 0 aliphatic rings. The SMILES string of the molecule is COc1c(Br)c(COS(C)(=O)=O)nn1C. The Morgan fingerprint density at radius 3 is 2.53 bits per heavy atom. The summed E-state index contributed by atoms with van der Waals surface area (Å²) in [5.74, 6) is 0.516. The lowest BCUT2D eigenvalue weighted by molar-refractivity contribution is 0.305. The van der Waals surface area contributed by atoms with Crippen molar-refractivity contribution in [2.75, 3.05) is 13.4 Å². The van der Waals surface area contributed by atoms with Crippen LogP contribution in [0.1, 0.15) is 5.69 Å². The van der Waals surface area contributed by atoms with Gasteiger partial charge in [0.05, 0.1) is 13.4 Å². The minimum absolute atomic E-state index is 0.114. The zero-order valence-corrected chi connectivity index (χ0v) is 10.9. The fourth-order valence-electron chi connectivity index (χ4n) is 1.01. The average Bonchev–Trinajstić information content (AvgIpc) is 2.37. The zero-order valence-electron chi connectivity index (χ0n) is 8.52. The summed E-state index contributed by atoms with van der Waals surface area (Å²) >= 11 is 3.25. The first kappa shape index (κ1) is 12.5. The predicted molar refractivity (Wildman–Crippen MR) is 57.1 cm³/mol. The van der Waals surface area contributed by atoms with E-state index in [-0.39, 0.29) is 6.61 Å². The Balaban J connectivity index is 2.88. The number of methoxy groups -OCH3 is 1. The second-order valence-electron chi connectivity index (χ2n) is 2.86. The predicted octanol–water partition coefficient (Wildman–Crippen LogP) is 0.667. The number of aromatic nitrogens is 2. The standard InChI is InChI=1S/C7H11BrN2O4S/c1-10-7(13-2)6(8)5(9-10)4-14-15(3,11)12/h4H2,1-3H3. The molecule has 0 saturated heterocycles. The van der Waals surface area contributed by atoms with Gasteiger partial charge in [-0.05, 0) is 15.9 Å². The Morgan fingerprint density at radius 2 is 2.13 bits per heavy atom. The van der Waals surface area contributed by atoms with E-state index in [2.05, 4.69) is 25.2 Å². The molecule has 1 aromatic rings. The van der Waals surface area contributed by atoms with E-state index in [1.807, 2.05) is 0 Å². The number of nitrogens with zero attached hydrogens (tertiary/aromatic N) is 2. The molecular formula is C7H11BrN2O4S. The van der Waals surface area contributed by atoms with Gasteiger partial charge < -0.3 is 4.74 Å². The minimum atomic E-state index is -3.46. The normalized spacial score (nSPS) is 11.7. The van der Waals surface area contributed by atoms with Crippen molar-refractivity contribution in [2.45, 2.75) is 6.61 Å².